The van der Waals surface area contributed by atoms with E-state index >= 15 is 0 Å². The zero-order valence-electron chi connectivity index (χ0n) is 16.5. The van der Waals surface area contributed by atoms with E-state index in [9.17, 15) is 4.79 Å². The molecular formula is C22H29N3O2. The molecule has 1 aliphatic heterocycles. The third-order valence-electron chi connectivity index (χ3n) is 5.24. The molecule has 1 heterocycles. The van der Waals surface area contributed by atoms with Gasteiger partial charge in [-0.2, -0.15) is 0 Å². The van der Waals surface area contributed by atoms with Crippen LogP contribution in [0.25, 0.3) is 0 Å². The summed E-state index contributed by atoms with van der Waals surface area (Å²) in [5.41, 5.74) is 3.02. The second-order valence-corrected chi connectivity index (χ2v) is 6.67. The van der Waals surface area contributed by atoms with E-state index in [4.69, 9.17) is 4.74 Å². The summed E-state index contributed by atoms with van der Waals surface area (Å²) in [4.78, 5) is 19.4. The summed E-state index contributed by atoms with van der Waals surface area (Å²) in [5, 5.41) is 0. The molecular weight excluding hydrogens is 338 g/mol. The zero-order chi connectivity index (χ0) is 19.2. The van der Waals surface area contributed by atoms with Gasteiger partial charge in [-0.3, -0.25) is 4.79 Å². The van der Waals surface area contributed by atoms with Gasteiger partial charge >= 0.3 is 0 Å². The number of methoxy groups -OCH3 is 1. The van der Waals surface area contributed by atoms with Gasteiger partial charge in [0.2, 0.25) is 0 Å². The van der Waals surface area contributed by atoms with Gasteiger partial charge in [-0.25, -0.2) is 0 Å². The highest BCUT2D eigenvalue weighted by atomic mass is 16.5. The predicted molar refractivity (Wildman–Crippen MR) is 111 cm³/mol. The maximum atomic E-state index is 12.9. The number of benzene rings is 2. The number of piperazine rings is 1. The van der Waals surface area contributed by atoms with Gasteiger partial charge in [0.05, 0.1) is 12.8 Å². The van der Waals surface area contributed by atoms with Gasteiger partial charge in [-0.05, 0) is 50.2 Å². The number of amides is 1. The van der Waals surface area contributed by atoms with Gasteiger partial charge in [-0.15, -0.1) is 0 Å². The SMILES string of the molecule is CCN(CC)c1ccc(C(=O)N2CCN(c3ccccc3OC)CC2)cc1. The van der Waals surface area contributed by atoms with Crippen LogP contribution in [0.15, 0.2) is 48.5 Å². The summed E-state index contributed by atoms with van der Waals surface area (Å²) >= 11 is 0. The van der Waals surface area contributed by atoms with Crippen molar-refractivity contribution >= 4 is 17.3 Å². The van der Waals surface area contributed by atoms with E-state index < -0.39 is 0 Å². The Balaban J connectivity index is 1.63. The number of carbonyl (C=O) groups excluding carboxylic acids is 1. The third kappa shape index (κ3) is 4.18. The maximum Gasteiger partial charge on any atom is 0.253 e. The zero-order valence-corrected chi connectivity index (χ0v) is 16.5. The Morgan fingerprint density at radius 2 is 1.59 bits per heavy atom. The van der Waals surface area contributed by atoms with Gasteiger partial charge in [0.1, 0.15) is 5.75 Å². The minimum Gasteiger partial charge on any atom is -0.495 e. The monoisotopic (exact) mass is 367 g/mol. The predicted octanol–water partition coefficient (Wildman–Crippen LogP) is 3.50. The molecule has 0 N–H and O–H groups in total. The molecule has 0 aromatic heterocycles. The number of hydrogen-bond donors (Lipinski definition) is 0. The van der Waals surface area contributed by atoms with Gasteiger partial charge in [0.25, 0.3) is 5.91 Å². The van der Waals surface area contributed by atoms with Crippen molar-refractivity contribution in [1.82, 2.24) is 4.90 Å². The summed E-state index contributed by atoms with van der Waals surface area (Å²) in [6, 6.07) is 16.0. The highest BCUT2D eigenvalue weighted by Crippen LogP contribution is 2.28. The molecule has 0 unspecified atom stereocenters. The van der Waals surface area contributed by atoms with Crippen molar-refractivity contribution in [2.24, 2.45) is 0 Å². The van der Waals surface area contributed by atoms with Gasteiger partial charge in [-0.1, -0.05) is 12.1 Å². The smallest absolute Gasteiger partial charge is 0.253 e. The molecule has 2 aromatic rings. The molecule has 1 saturated heterocycles. The number of ether oxygens (including phenoxy) is 1. The third-order valence-corrected chi connectivity index (χ3v) is 5.24. The van der Waals surface area contributed by atoms with E-state index in [-0.39, 0.29) is 5.91 Å². The molecule has 0 bridgehead atoms. The van der Waals surface area contributed by atoms with Crippen molar-refractivity contribution in [1.29, 1.82) is 0 Å². The van der Waals surface area contributed by atoms with Crippen molar-refractivity contribution < 1.29 is 9.53 Å². The number of carbonyl (C=O) groups is 1. The molecule has 0 saturated carbocycles. The fraction of sp³-hybridized carbons (Fsp3) is 0.409. The largest absolute Gasteiger partial charge is 0.495 e. The van der Waals surface area contributed by atoms with Crippen LogP contribution in [0.3, 0.4) is 0 Å². The standard InChI is InChI=1S/C22H29N3O2/c1-4-23(5-2)19-12-10-18(11-13-19)22(26)25-16-14-24(15-17-25)20-8-6-7-9-21(20)27-3/h6-13H,4-5,14-17H2,1-3H3. The molecule has 0 aliphatic carbocycles. The maximum absolute atomic E-state index is 12.9. The highest BCUT2D eigenvalue weighted by Gasteiger charge is 2.23. The van der Waals surface area contributed by atoms with Crippen molar-refractivity contribution in [2.45, 2.75) is 13.8 Å². The van der Waals surface area contributed by atoms with Crippen LogP contribution in [-0.4, -0.2) is 57.2 Å². The quantitative estimate of drug-likeness (QED) is 0.783. The molecule has 0 atom stereocenters. The van der Waals surface area contributed by atoms with E-state index in [0.29, 0.717) is 13.1 Å². The molecule has 5 nitrogen and oxygen atoms in total. The molecule has 5 heteroatoms. The molecule has 3 rings (SSSR count). The second kappa shape index (κ2) is 8.80. The van der Waals surface area contributed by atoms with Crippen LogP contribution in [0.2, 0.25) is 0 Å². The Labute approximate surface area is 162 Å². The topological polar surface area (TPSA) is 36.0 Å². The number of anilines is 2. The average molecular weight is 367 g/mol. The lowest BCUT2D eigenvalue weighted by Gasteiger charge is -2.36. The Morgan fingerprint density at radius 3 is 2.19 bits per heavy atom. The first-order valence-corrected chi connectivity index (χ1v) is 9.70. The summed E-state index contributed by atoms with van der Waals surface area (Å²) in [6.45, 7) is 9.27. The van der Waals surface area contributed by atoms with Crippen LogP contribution in [0.5, 0.6) is 5.75 Å². The Bertz CT molecular complexity index is 748. The highest BCUT2D eigenvalue weighted by molar-refractivity contribution is 5.94. The molecule has 0 spiro atoms. The number of nitrogens with zero attached hydrogens (tertiary/aromatic N) is 3. The van der Waals surface area contributed by atoms with Crippen molar-refractivity contribution in [3.05, 3.63) is 54.1 Å². The summed E-state index contributed by atoms with van der Waals surface area (Å²) < 4.78 is 5.46. The number of rotatable bonds is 6. The van der Waals surface area contributed by atoms with Crippen LogP contribution in [0.4, 0.5) is 11.4 Å². The first-order chi connectivity index (χ1) is 13.2. The van der Waals surface area contributed by atoms with Crippen LogP contribution >= 0.6 is 0 Å². The van der Waals surface area contributed by atoms with Gasteiger partial charge < -0.3 is 19.4 Å². The fourth-order valence-corrected chi connectivity index (χ4v) is 3.63. The average Bonchev–Trinajstić information content (AvgIpc) is 2.74. The molecule has 1 aliphatic rings. The van der Waals surface area contributed by atoms with E-state index in [2.05, 4.69) is 29.7 Å². The van der Waals surface area contributed by atoms with Crippen LogP contribution in [-0.2, 0) is 0 Å². The fourth-order valence-electron chi connectivity index (χ4n) is 3.63. The van der Waals surface area contributed by atoms with Crippen LogP contribution < -0.4 is 14.5 Å². The molecule has 0 radical (unpaired) electrons. The summed E-state index contributed by atoms with van der Waals surface area (Å²) in [6.07, 6.45) is 0. The first-order valence-electron chi connectivity index (χ1n) is 9.70. The lowest BCUT2D eigenvalue weighted by molar-refractivity contribution is 0.0746. The second-order valence-electron chi connectivity index (χ2n) is 6.67. The summed E-state index contributed by atoms with van der Waals surface area (Å²) in [7, 11) is 1.69. The Hall–Kier alpha value is -2.69. The number of hydrogen-bond acceptors (Lipinski definition) is 4. The Kier molecular flexibility index (Phi) is 6.22. The molecule has 27 heavy (non-hydrogen) atoms. The summed E-state index contributed by atoms with van der Waals surface area (Å²) in [5.74, 6) is 0.991. The van der Waals surface area contributed by atoms with E-state index in [1.54, 1.807) is 7.11 Å². The molecule has 2 aromatic carbocycles. The van der Waals surface area contributed by atoms with Crippen LogP contribution in [0.1, 0.15) is 24.2 Å². The normalized spacial score (nSPS) is 14.2. The molecule has 1 fully saturated rings. The van der Waals surface area contributed by atoms with E-state index in [1.807, 2.05) is 47.4 Å². The lowest BCUT2D eigenvalue weighted by atomic mass is 10.1. The van der Waals surface area contributed by atoms with Crippen molar-refractivity contribution in [3.8, 4) is 5.75 Å². The molecule has 1 amide bonds. The molecule has 144 valence electrons. The lowest BCUT2D eigenvalue weighted by Crippen LogP contribution is -2.48. The van der Waals surface area contributed by atoms with Gasteiger partial charge in [0.15, 0.2) is 0 Å². The number of para-hydroxylation sites is 2. The minimum atomic E-state index is 0.112. The van der Waals surface area contributed by atoms with E-state index in [1.165, 1.54) is 0 Å². The Morgan fingerprint density at radius 1 is 0.963 bits per heavy atom. The van der Waals surface area contributed by atoms with E-state index in [0.717, 1.165) is 48.9 Å². The van der Waals surface area contributed by atoms with Crippen LogP contribution in [0, 0.1) is 0 Å². The van der Waals surface area contributed by atoms with Crippen molar-refractivity contribution in [3.63, 3.8) is 0 Å². The first kappa shape index (κ1) is 19.1. The van der Waals surface area contributed by atoms with Gasteiger partial charge in [0, 0.05) is 50.5 Å². The minimum absolute atomic E-state index is 0.112. The van der Waals surface area contributed by atoms with Crippen molar-refractivity contribution in [2.75, 3.05) is 56.2 Å².